The van der Waals surface area contributed by atoms with Crippen LogP contribution in [-0.2, 0) is 14.3 Å². The van der Waals surface area contributed by atoms with Crippen LogP contribution in [0.25, 0.3) is 6.08 Å². The molecule has 9 heteroatoms. The van der Waals surface area contributed by atoms with E-state index in [-0.39, 0.29) is 17.9 Å². The fourth-order valence-electron chi connectivity index (χ4n) is 2.40. The summed E-state index contributed by atoms with van der Waals surface area (Å²) in [4.78, 5) is 23.9. The largest absolute Gasteiger partial charge is 0.493 e. The Hall–Kier alpha value is -3.02. The molecule has 2 aromatic rings. The molecule has 0 saturated heterocycles. The van der Waals surface area contributed by atoms with E-state index >= 15 is 0 Å². The zero-order chi connectivity index (χ0) is 22.3. The molecule has 0 unspecified atom stereocenters. The van der Waals surface area contributed by atoms with Gasteiger partial charge in [0.05, 0.1) is 18.7 Å². The summed E-state index contributed by atoms with van der Waals surface area (Å²) < 4.78 is 15.7. The quantitative estimate of drug-likeness (QED) is 0.346. The Kier molecular flexibility index (Phi) is 8.27. The van der Waals surface area contributed by atoms with Gasteiger partial charge in [0.1, 0.15) is 11.6 Å². The van der Waals surface area contributed by atoms with Crippen molar-refractivity contribution < 1.29 is 23.8 Å². The van der Waals surface area contributed by atoms with Gasteiger partial charge in [0.2, 0.25) is 0 Å². The van der Waals surface area contributed by atoms with E-state index in [9.17, 15) is 14.9 Å². The molecule has 0 radical (unpaired) electrons. The number of hydrogen-bond donors (Lipinski definition) is 1. The van der Waals surface area contributed by atoms with E-state index in [0.29, 0.717) is 32.1 Å². The van der Waals surface area contributed by atoms with Crippen molar-refractivity contribution in [3.05, 3.63) is 56.5 Å². The van der Waals surface area contributed by atoms with Crippen molar-refractivity contribution in [3.8, 4) is 17.6 Å². The molecule has 0 aromatic heterocycles. The molecular formula is C21H18BrClN2O5. The van der Waals surface area contributed by atoms with Crippen LogP contribution in [0.15, 0.2) is 40.4 Å². The maximum Gasteiger partial charge on any atom is 0.343 e. The van der Waals surface area contributed by atoms with Gasteiger partial charge in [-0.05, 0) is 64.3 Å². The molecular weight excluding hydrogens is 476 g/mol. The van der Waals surface area contributed by atoms with E-state index < -0.39 is 11.9 Å². The van der Waals surface area contributed by atoms with Gasteiger partial charge in [-0.2, -0.15) is 5.26 Å². The molecule has 0 saturated carbocycles. The number of ether oxygens (including phenoxy) is 3. The number of nitrogens with one attached hydrogen (secondary N) is 1. The fourth-order valence-corrected chi connectivity index (χ4v) is 3.15. The molecule has 0 atom stereocenters. The number of rotatable bonds is 7. The summed E-state index contributed by atoms with van der Waals surface area (Å²) in [7, 11) is 2.69. The van der Waals surface area contributed by atoms with Crippen LogP contribution in [-0.4, -0.2) is 32.7 Å². The highest BCUT2D eigenvalue weighted by Gasteiger charge is 2.16. The highest BCUT2D eigenvalue weighted by Crippen LogP contribution is 2.37. The first-order valence-corrected chi connectivity index (χ1v) is 9.73. The molecule has 0 spiro atoms. The Morgan fingerprint density at radius 2 is 2.03 bits per heavy atom. The predicted molar refractivity (Wildman–Crippen MR) is 117 cm³/mol. The minimum atomic E-state index is -0.580. The molecule has 0 aliphatic heterocycles. The van der Waals surface area contributed by atoms with Gasteiger partial charge in [0.25, 0.3) is 5.91 Å². The highest BCUT2D eigenvalue weighted by atomic mass is 79.9. The average molecular weight is 494 g/mol. The predicted octanol–water partition coefficient (Wildman–Crippen LogP) is 4.52. The summed E-state index contributed by atoms with van der Waals surface area (Å²) in [6.45, 7) is 1.47. The number of carbonyl (C=O) groups is 2. The van der Waals surface area contributed by atoms with E-state index in [1.807, 2.05) is 6.07 Å². The number of carbonyl (C=O) groups excluding carboxylic acids is 2. The van der Waals surface area contributed by atoms with Crippen LogP contribution in [0.3, 0.4) is 0 Å². The Morgan fingerprint density at radius 1 is 1.30 bits per heavy atom. The third kappa shape index (κ3) is 5.75. The van der Waals surface area contributed by atoms with Crippen LogP contribution < -0.4 is 14.8 Å². The fraction of sp³-hybridized carbons (Fsp3) is 0.190. The molecule has 0 heterocycles. The number of nitrogens with zero attached hydrogens (tertiary/aromatic N) is 1. The van der Waals surface area contributed by atoms with Gasteiger partial charge < -0.3 is 19.5 Å². The molecule has 0 aliphatic carbocycles. The standard InChI is InChI=1S/C21H18BrClN2O5/c1-12-16(23)5-4-6-17(12)25-21(27)14(10-24)7-13-8-15(22)20(18(9-13)28-2)30-11-19(26)29-3/h4-9H,11H2,1-3H3,(H,25,27)/b14-7-. The second-order valence-corrected chi connectivity index (χ2v) is 7.20. The lowest BCUT2D eigenvalue weighted by Gasteiger charge is -2.13. The summed E-state index contributed by atoms with van der Waals surface area (Å²) in [5.41, 5.74) is 1.60. The van der Waals surface area contributed by atoms with Crippen molar-refractivity contribution in [3.63, 3.8) is 0 Å². The minimum Gasteiger partial charge on any atom is -0.493 e. The van der Waals surface area contributed by atoms with Crippen molar-refractivity contribution in [2.75, 3.05) is 26.1 Å². The molecule has 2 rings (SSSR count). The van der Waals surface area contributed by atoms with Gasteiger partial charge >= 0.3 is 5.97 Å². The van der Waals surface area contributed by atoms with Crippen LogP contribution >= 0.6 is 27.5 Å². The molecule has 2 aromatic carbocycles. The Bertz CT molecular complexity index is 1050. The SMILES string of the molecule is COC(=O)COc1c(Br)cc(/C=C(/C#N)C(=O)Nc2cccc(Cl)c2C)cc1OC. The van der Waals surface area contributed by atoms with Crippen molar-refractivity contribution >= 4 is 51.2 Å². The topological polar surface area (TPSA) is 97.7 Å². The first kappa shape index (κ1) is 23.3. The van der Waals surface area contributed by atoms with Gasteiger partial charge in [0, 0.05) is 10.7 Å². The number of nitriles is 1. The van der Waals surface area contributed by atoms with Crippen LogP contribution in [0.1, 0.15) is 11.1 Å². The van der Waals surface area contributed by atoms with E-state index in [0.717, 1.165) is 0 Å². The highest BCUT2D eigenvalue weighted by molar-refractivity contribution is 9.10. The zero-order valence-corrected chi connectivity index (χ0v) is 18.8. The molecule has 30 heavy (non-hydrogen) atoms. The van der Waals surface area contributed by atoms with Crippen molar-refractivity contribution in [2.24, 2.45) is 0 Å². The zero-order valence-electron chi connectivity index (χ0n) is 16.4. The number of halogens is 2. The number of hydrogen-bond acceptors (Lipinski definition) is 6. The van der Waals surface area contributed by atoms with Crippen molar-refractivity contribution in [1.29, 1.82) is 5.26 Å². The number of amides is 1. The molecule has 0 fully saturated rings. The lowest BCUT2D eigenvalue weighted by Crippen LogP contribution is -2.14. The second kappa shape index (κ2) is 10.7. The lowest BCUT2D eigenvalue weighted by molar-refractivity contribution is -0.142. The van der Waals surface area contributed by atoms with Gasteiger partial charge in [-0.25, -0.2) is 4.79 Å². The van der Waals surface area contributed by atoms with Crippen molar-refractivity contribution in [2.45, 2.75) is 6.92 Å². The van der Waals surface area contributed by atoms with E-state index in [2.05, 4.69) is 26.0 Å². The lowest BCUT2D eigenvalue weighted by atomic mass is 10.1. The Balaban J connectivity index is 2.31. The molecule has 156 valence electrons. The second-order valence-electron chi connectivity index (χ2n) is 5.94. The third-order valence-electron chi connectivity index (χ3n) is 4.01. The van der Waals surface area contributed by atoms with Gasteiger partial charge in [0.15, 0.2) is 18.1 Å². The van der Waals surface area contributed by atoms with Crippen molar-refractivity contribution in [1.82, 2.24) is 0 Å². The maximum atomic E-state index is 12.6. The van der Waals surface area contributed by atoms with E-state index in [1.54, 1.807) is 37.3 Å². The summed E-state index contributed by atoms with van der Waals surface area (Å²) in [5.74, 6) is -0.530. The first-order chi connectivity index (χ1) is 14.3. The third-order valence-corrected chi connectivity index (χ3v) is 5.00. The number of benzene rings is 2. The Morgan fingerprint density at radius 3 is 2.67 bits per heavy atom. The number of anilines is 1. The summed E-state index contributed by atoms with van der Waals surface area (Å²) in [6, 6.07) is 10.2. The van der Waals surface area contributed by atoms with Crippen LogP contribution in [0.5, 0.6) is 11.5 Å². The molecule has 1 amide bonds. The van der Waals surface area contributed by atoms with Crippen LogP contribution in [0, 0.1) is 18.3 Å². The van der Waals surface area contributed by atoms with Gasteiger partial charge in [-0.3, -0.25) is 4.79 Å². The van der Waals surface area contributed by atoms with Gasteiger partial charge in [-0.1, -0.05) is 17.7 Å². The molecule has 0 aliphatic rings. The molecule has 0 bridgehead atoms. The monoisotopic (exact) mass is 492 g/mol. The summed E-state index contributed by atoms with van der Waals surface area (Å²) >= 11 is 9.42. The van der Waals surface area contributed by atoms with Gasteiger partial charge in [-0.15, -0.1) is 0 Å². The molecule has 7 nitrogen and oxygen atoms in total. The number of methoxy groups -OCH3 is 2. The average Bonchev–Trinajstić information content (AvgIpc) is 2.73. The van der Waals surface area contributed by atoms with E-state index in [4.69, 9.17) is 21.1 Å². The van der Waals surface area contributed by atoms with Crippen LogP contribution in [0.2, 0.25) is 5.02 Å². The Labute approximate surface area is 187 Å². The minimum absolute atomic E-state index is 0.119. The molecule has 1 N–H and O–H groups in total. The summed E-state index contributed by atoms with van der Waals surface area (Å²) in [5, 5.41) is 12.6. The van der Waals surface area contributed by atoms with E-state index in [1.165, 1.54) is 20.3 Å². The summed E-state index contributed by atoms with van der Waals surface area (Å²) in [6.07, 6.45) is 1.41. The van der Waals surface area contributed by atoms with Crippen LogP contribution in [0.4, 0.5) is 5.69 Å². The number of esters is 1. The normalized spacial score (nSPS) is 10.7. The smallest absolute Gasteiger partial charge is 0.343 e. The maximum absolute atomic E-state index is 12.6. The first-order valence-electron chi connectivity index (χ1n) is 8.56.